The molecule has 2 heteroatoms. The second-order valence-corrected chi connectivity index (χ2v) is 4.23. The van der Waals surface area contributed by atoms with Crippen LogP contribution in [0.3, 0.4) is 0 Å². The van der Waals surface area contributed by atoms with Crippen molar-refractivity contribution in [1.82, 2.24) is 0 Å². The van der Waals surface area contributed by atoms with Crippen LogP contribution in [0.15, 0.2) is 54.7 Å². The van der Waals surface area contributed by atoms with E-state index in [0.29, 0.717) is 0 Å². The molecule has 0 saturated heterocycles. The van der Waals surface area contributed by atoms with Gasteiger partial charge in [0, 0.05) is 24.1 Å². The normalized spacial score (nSPS) is 13.5. The molecule has 0 bridgehead atoms. The number of benzene rings is 2. The molecular formula is C15H14N2. The highest BCUT2D eigenvalue weighted by Crippen LogP contribution is 2.25. The molecule has 2 aromatic rings. The zero-order chi connectivity index (χ0) is 11.7. The molecule has 0 amide bonds. The number of anilines is 2. The Labute approximate surface area is 101 Å². The summed E-state index contributed by atoms with van der Waals surface area (Å²) in [5.41, 5.74) is 10.3. The standard InChI is InChI=1S/C15H14N2/c16-14-5-7-15(8-6-14)17-10-9-12-3-1-2-4-13(12)11-17/h1-10H,11,16H2. The summed E-state index contributed by atoms with van der Waals surface area (Å²) in [4.78, 5) is 2.22. The van der Waals surface area contributed by atoms with Crippen molar-refractivity contribution < 1.29 is 0 Å². The van der Waals surface area contributed by atoms with Crippen LogP contribution in [0.2, 0.25) is 0 Å². The van der Waals surface area contributed by atoms with Crippen LogP contribution in [0.5, 0.6) is 0 Å². The average molecular weight is 222 g/mol. The minimum Gasteiger partial charge on any atom is -0.399 e. The molecule has 2 N–H and O–H groups in total. The third-order valence-electron chi connectivity index (χ3n) is 3.05. The van der Waals surface area contributed by atoms with Crippen LogP contribution in [-0.4, -0.2) is 0 Å². The van der Waals surface area contributed by atoms with Crippen LogP contribution in [0.4, 0.5) is 11.4 Å². The van der Waals surface area contributed by atoms with Crippen LogP contribution in [0.1, 0.15) is 11.1 Å². The molecule has 0 spiro atoms. The lowest BCUT2D eigenvalue weighted by molar-refractivity contribution is 0.954. The van der Waals surface area contributed by atoms with Crippen molar-refractivity contribution in [3.8, 4) is 0 Å². The van der Waals surface area contributed by atoms with Crippen LogP contribution in [-0.2, 0) is 6.54 Å². The van der Waals surface area contributed by atoms with Crippen molar-refractivity contribution in [2.75, 3.05) is 10.6 Å². The van der Waals surface area contributed by atoms with E-state index in [-0.39, 0.29) is 0 Å². The molecule has 84 valence electrons. The number of hydrogen-bond acceptors (Lipinski definition) is 2. The van der Waals surface area contributed by atoms with E-state index in [4.69, 9.17) is 5.73 Å². The maximum Gasteiger partial charge on any atom is 0.0481 e. The summed E-state index contributed by atoms with van der Waals surface area (Å²) in [5, 5.41) is 0. The smallest absolute Gasteiger partial charge is 0.0481 e. The second-order valence-electron chi connectivity index (χ2n) is 4.23. The van der Waals surface area contributed by atoms with Crippen LogP contribution >= 0.6 is 0 Å². The van der Waals surface area contributed by atoms with Gasteiger partial charge < -0.3 is 10.6 Å². The highest BCUT2D eigenvalue weighted by Gasteiger charge is 2.10. The summed E-state index contributed by atoms with van der Waals surface area (Å²) in [6.07, 6.45) is 4.27. The fraction of sp³-hybridized carbons (Fsp3) is 0.0667. The maximum atomic E-state index is 5.70. The molecule has 0 aromatic heterocycles. The third kappa shape index (κ3) is 1.89. The number of fused-ring (bicyclic) bond motifs is 1. The molecule has 1 heterocycles. The van der Waals surface area contributed by atoms with E-state index in [1.807, 2.05) is 24.3 Å². The van der Waals surface area contributed by atoms with Crippen LogP contribution < -0.4 is 10.6 Å². The van der Waals surface area contributed by atoms with Gasteiger partial charge in [-0.1, -0.05) is 24.3 Å². The second kappa shape index (κ2) is 3.98. The van der Waals surface area contributed by atoms with Gasteiger partial charge in [-0.05, 0) is 41.5 Å². The Kier molecular flexibility index (Phi) is 2.33. The van der Waals surface area contributed by atoms with Gasteiger partial charge in [0.2, 0.25) is 0 Å². The molecule has 0 radical (unpaired) electrons. The lowest BCUT2D eigenvalue weighted by Crippen LogP contribution is -2.18. The molecule has 1 aliphatic heterocycles. The molecule has 1 aliphatic rings. The number of hydrogen-bond donors (Lipinski definition) is 1. The van der Waals surface area contributed by atoms with Crippen molar-refractivity contribution in [1.29, 1.82) is 0 Å². The maximum absolute atomic E-state index is 5.70. The first kappa shape index (κ1) is 9.97. The number of nitrogens with two attached hydrogens (primary N) is 1. The van der Waals surface area contributed by atoms with Crippen molar-refractivity contribution in [3.05, 3.63) is 65.9 Å². The van der Waals surface area contributed by atoms with Crippen LogP contribution in [0, 0.1) is 0 Å². The van der Waals surface area contributed by atoms with E-state index < -0.39 is 0 Å². The highest BCUT2D eigenvalue weighted by molar-refractivity contribution is 5.65. The van der Waals surface area contributed by atoms with Gasteiger partial charge in [0.25, 0.3) is 0 Å². The first-order valence-electron chi connectivity index (χ1n) is 5.71. The summed E-state index contributed by atoms with van der Waals surface area (Å²) < 4.78 is 0. The SMILES string of the molecule is Nc1ccc(N2C=Cc3ccccc3C2)cc1. The molecule has 3 rings (SSSR count). The number of rotatable bonds is 1. The predicted octanol–water partition coefficient (Wildman–Crippen LogP) is 3.26. The van der Waals surface area contributed by atoms with Gasteiger partial charge in [0.15, 0.2) is 0 Å². The third-order valence-corrected chi connectivity index (χ3v) is 3.05. The largest absolute Gasteiger partial charge is 0.399 e. The van der Waals surface area contributed by atoms with Crippen molar-refractivity contribution in [2.24, 2.45) is 0 Å². The van der Waals surface area contributed by atoms with Gasteiger partial charge in [-0.15, -0.1) is 0 Å². The zero-order valence-electron chi connectivity index (χ0n) is 9.51. The molecule has 17 heavy (non-hydrogen) atoms. The minimum atomic E-state index is 0.801. The Morgan fingerprint density at radius 3 is 2.53 bits per heavy atom. The summed E-state index contributed by atoms with van der Waals surface area (Å²) >= 11 is 0. The molecule has 0 unspecified atom stereocenters. The summed E-state index contributed by atoms with van der Waals surface area (Å²) in [7, 11) is 0. The molecule has 2 aromatic carbocycles. The molecule has 0 aliphatic carbocycles. The zero-order valence-corrected chi connectivity index (χ0v) is 9.51. The summed E-state index contributed by atoms with van der Waals surface area (Å²) in [6.45, 7) is 0.913. The summed E-state index contributed by atoms with van der Waals surface area (Å²) in [5.74, 6) is 0. The first-order chi connectivity index (χ1) is 8.33. The quantitative estimate of drug-likeness (QED) is 0.750. The molecule has 2 nitrogen and oxygen atoms in total. The van der Waals surface area contributed by atoms with Crippen molar-refractivity contribution in [3.63, 3.8) is 0 Å². The highest BCUT2D eigenvalue weighted by atomic mass is 15.1. The van der Waals surface area contributed by atoms with Gasteiger partial charge in [0.1, 0.15) is 0 Å². The van der Waals surface area contributed by atoms with E-state index in [1.54, 1.807) is 0 Å². The Morgan fingerprint density at radius 1 is 0.941 bits per heavy atom. The summed E-state index contributed by atoms with van der Waals surface area (Å²) in [6, 6.07) is 16.4. The van der Waals surface area contributed by atoms with Gasteiger partial charge in [0.05, 0.1) is 0 Å². The van der Waals surface area contributed by atoms with Gasteiger partial charge in [-0.2, -0.15) is 0 Å². The number of nitrogens with zero attached hydrogens (tertiary/aromatic N) is 1. The topological polar surface area (TPSA) is 29.3 Å². The lowest BCUT2D eigenvalue weighted by atomic mass is 10.0. The lowest BCUT2D eigenvalue weighted by Gasteiger charge is -2.25. The van der Waals surface area contributed by atoms with Crippen molar-refractivity contribution in [2.45, 2.75) is 6.54 Å². The van der Waals surface area contributed by atoms with Gasteiger partial charge >= 0.3 is 0 Å². The molecular weight excluding hydrogens is 208 g/mol. The first-order valence-corrected chi connectivity index (χ1v) is 5.71. The fourth-order valence-electron chi connectivity index (χ4n) is 2.09. The Bertz CT molecular complexity index is 555. The monoisotopic (exact) mass is 222 g/mol. The van der Waals surface area contributed by atoms with Gasteiger partial charge in [-0.3, -0.25) is 0 Å². The van der Waals surface area contributed by atoms with E-state index >= 15 is 0 Å². The minimum absolute atomic E-state index is 0.801. The van der Waals surface area contributed by atoms with Crippen LogP contribution in [0.25, 0.3) is 6.08 Å². The average Bonchev–Trinajstić information content (AvgIpc) is 2.39. The molecule has 0 saturated carbocycles. The predicted molar refractivity (Wildman–Crippen MR) is 72.5 cm³/mol. The Hall–Kier alpha value is -2.22. The van der Waals surface area contributed by atoms with Crippen molar-refractivity contribution >= 4 is 17.5 Å². The molecule has 0 fully saturated rings. The Morgan fingerprint density at radius 2 is 1.71 bits per heavy atom. The Balaban J connectivity index is 1.92. The van der Waals surface area contributed by atoms with E-state index in [0.717, 1.165) is 12.2 Å². The number of nitrogen functional groups attached to an aromatic ring is 1. The van der Waals surface area contributed by atoms with E-state index in [1.165, 1.54) is 16.8 Å². The van der Waals surface area contributed by atoms with Gasteiger partial charge in [-0.25, -0.2) is 0 Å². The fourth-order valence-corrected chi connectivity index (χ4v) is 2.09. The van der Waals surface area contributed by atoms with E-state index in [2.05, 4.69) is 41.4 Å². The molecule has 0 atom stereocenters. The van der Waals surface area contributed by atoms with E-state index in [9.17, 15) is 0 Å².